The molecule has 0 aliphatic rings. The minimum Gasteiger partial charge on any atom is -0.483 e. The number of furan rings is 1. The van der Waals surface area contributed by atoms with Crippen LogP contribution in [-0.2, 0) is 6.61 Å². The molecule has 1 aromatic carbocycles. The van der Waals surface area contributed by atoms with Crippen LogP contribution in [0, 0.1) is 0 Å². The van der Waals surface area contributed by atoms with Crippen LogP contribution in [0.5, 0.6) is 5.75 Å². The molecule has 0 unspecified atom stereocenters. The summed E-state index contributed by atoms with van der Waals surface area (Å²) in [5.74, 6) is 2.04. The first-order valence-electron chi connectivity index (χ1n) is 7.60. The van der Waals surface area contributed by atoms with Crippen molar-refractivity contribution in [2.45, 2.75) is 6.61 Å². The van der Waals surface area contributed by atoms with Gasteiger partial charge >= 0.3 is 0 Å². The molecule has 0 radical (unpaired) electrons. The van der Waals surface area contributed by atoms with Gasteiger partial charge in [-0.3, -0.25) is 4.98 Å². The van der Waals surface area contributed by atoms with Crippen LogP contribution < -0.4 is 4.74 Å². The highest BCUT2D eigenvalue weighted by molar-refractivity contribution is 7.19. The van der Waals surface area contributed by atoms with Crippen molar-refractivity contribution < 1.29 is 9.15 Å². The third kappa shape index (κ3) is 2.43. The second-order valence-corrected chi connectivity index (χ2v) is 6.27. The molecule has 4 heterocycles. The normalized spacial score (nSPS) is 11.4. The highest BCUT2D eigenvalue weighted by atomic mass is 32.1. The Labute approximate surface area is 145 Å². The van der Waals surface area contributed by atoms with Crippen LogP contribution in [-0.4, -0.2) is 24.8 Å². The summed E-state index contributed by atoms with van der Waals surface area (Å²) in [5, 5.41) is 14.6. The maximum Gasteiger partial charge on any atom is 0.235 e. The van der Waals surface area contributed by atoms with Gasteiger partial charge < -0.3 is 9.15 Å². The Morgan fingerprint density at radius 2 is 2.04 bits per heavy atom. The van der Waals surface area contributed by atoms with Crippen LogP contribution in [0.1, 0.15) is 5.82 Å². The molecule has 0 atom stereocenters. The molecule has 7 nitrogen and oxygen atoms in total. The van der Waals surface area contributed by atoms with E-state index in [0.29, 0.717) is 22.3 Å². The van der Waals surface area contributed by atoms with E-state index in [4.69, 9.17) is 9.15 Å². The van der Waals surface area contributed by atoms with E-state index in [1.807, 2.05) is 42.5 Å². The Bertz CT molecular complexity index is 1160. The monoisotopic (exact) mass is 349 g/mol. The molecule has 5 rings (SSSR count). The van der Waals surface area contributed by atoms with Gasteiger partial charge in [0.15, 0.2) is 16.6 Å². The summed E-state index contributed by atoms with van der Waals surface area (Å²) < 4.78 is 13.0. The average molecular weight is 349 g/mol. The molecule has 0 amide bonds. The number of rotatable bonds is 4. The lowest BCUT2D eigenvalue weighted by Crippen LogP contribution is -2.03. The van der Waals surface area contributed by atoms with Gasteiger partial charge in [0.05, 0.1) is 6.26 Å². The Kier molecular flexibility index (Phi) is 3.20. The molecule has 0 saturated heterocycles. The molecule has 25 heavy (non-hydrogen) atoms. The Balaban J connectivity index is 1.46. The predicted molar refractivity (Wildman–Crippen MR) is 92.4 cm³/mol. The number of benzene rings is 1. The smallest absolute Gasteiger partial charge is 0.235 e. The van der Waals surface area contributed by atoms with Gasteiger partial charge in [0, 0.05) is 11.6 Å². The van der Waals surface area contributed by atoms with Gasteiger partial charge in [-0.15, -0.1) is 15.3 Å². The van der Waals surface area contributed by atoms with Gasteiger partial charge in [-0.1, -0.05) is 29.5 Å². The summed E-state index contributed by atoms with van der Waals surface area (Å²) in [4.78, 5) is 5.08. The number of fused-ring (bicyclic) bond motifs is 2. The number of hydrogen-bond donors (Lipinski definition) is 0. The van der Waals surface area contributed by atoms with E-state index in [1.54, 1.807) is 17.0 Å². The molecular formula is C17H11N5O2S. The van der Waals surface area contributed by atoms with E-state index in [1.165, 1.54) is 11.3 Å². The van der Waals surface area contributed by atoms with Crippen molar-refractivity contribution in [2.75, 3.05) is 0 Å². The molecule has 0 saturated carbocycles. The van der Waals surface area contributed by atoms with Crippen molar-refractivity contribution in [3.05, 3.63) is 60.7 Å². The fraction of sp³-hybridized carbons (Fsp3) is 0.0588. The van der Waals surface area contributed by atoms with Crippen LogP contribution in [0.25, 0.3) is 26.6 Å². The zero-order valence-electron chi connectivity index (χ0n) is 12.9. The SMILES string of the molecule is c1coc(-c2nn3c(COc4cccc5cccnc45)nnc3s2)c1. The summed E-state index contributed by atoms with van der Waals surface area (Å²) in [6.45, 7) is 0.248. The molecule has 0 aliphatic carbocycles. The first kappa shape index (κ1) is 14.1. The first-order chi connectivity index (χ1) is 12.4. The third-order valence-corrected chi connectivity index (χ3v) is 4.65. The van der Waals surface area contributed by atoms with Gasteiger partial charge in [-0.05, 0) is 24.3 Å². The van der Waals surface area contributed by atoms with Crippen molar-refractivity contribution in [1.29, 1.82) is 0 Å². The Morgan fingerprint density at radius 1 is 1.08 bits per heavy atom. The largest absolute Gasteiger partial charge is 0.483 e. The van der Waals surface area contributed by atoms with Crippen molar-refractivity contribution in [2.24, 2.45) is 0 Å². The lowest BCUT2D eigenvalue weighted by Gasteiger charge is -2.06. The van der Waals surface area contributed by atoms with Crippen molar-refractivity contribution >= 4 is 27.2 Å². The summed E-state index contributed by atoms with van der Waals surface area (Å²) >= 11 is 1.42. The number of pyridine rings is 1. The number of ether oxygens (including phenoxy) is 1. The van der Waals surface area contributed by atoms with Crippen LogP contribution in [0.3, 0.4) is 0 Å². The topological polar surface area (TPSA) is 78.3 Å². The fourth-order valence-corrected chi connectivity index (χ4v) is 3.41. The maximum atomic E-state index is 5.93. The molecule has 122 valence electrons. The van der Waals surface area contributed by atoms with E-state index in [9.17, 15) is 0 Å². The molecule has 0 spiro atoms. The fourth-order valence-electron chi connectivity index (χ4n) is 2.58. The van der Waals surface area contributed by atoms with Crippen molar-refractivity contribution in [3.63, 3.8) is 0 Å². The quantitative estimate of drug-likeness (QED) is 0.493. The summed E-state index contributed by atoms with van der Waals surface area (Å²) in [6, 6.07) is 13.4. The Morgan fingerprint density at radius 3 is 2.96 bits per heavy atom. The second kappa shape index (κ2) is 5.67. The average Bonchev–Trinajstić information content (AvgIpc) is 3.37. The zero-order chi connectivity index (χ0) is 16.6. The summed E-state index contributed by atoms with van der Waals surface area (Å²) in [6.07, 6.45) is 3.37. The molecule has 5 aromatic rings. The van der Waals surface area contributed by atoms with Gasteiger partial charge in [-0.2, -0.15) is 4.52 Å². The van der Waals surface area contributed by atoms with Crippen LogP contribution >= 0.6 is 11.3 Å². The number of hydrogen-bond acceptors (Lipinski definition) is 7. The van der Waals surface area contributed by atoms with E-state index in [2.05, 4.69) is 20.3 Å². The predicted octanol–water partition coefficient (Wildman–Crippen LogP) is 3.57. The number of aromatic nitrogens is 5. The van der Waals surface area contributed by atoms with Crippen LogP contribution in [0.2, 0.25) is 0 Å². The minimum absolute atomic E-state index is 0.248. The van der Waals surface area contributed by atoms with Crippen LogP contribution in [0.4, 0.5) is 0 Å². The molecule has 0 aliphatic heterocycles. The summed E-state index contributed by atoms with van der Waals surface area (Å²) in [5.41, 5.74) is 0.820. The molecule has 8 heteroatoms. The van der Waals surface area contributed by atoms with Gasteiger partial charge in [0.25, 0.3) is 0 Å². The van der Waals surface area contributed by atoms with Gasteiger partial charge in [0.2, 0.25) is 4.96 Å². The first-order valence-corrected chi connectivity index (χ1v) is 8.42. The maximum absolute atomic E-state index is 5.93. The second-order valence-electron chi connectivity index (χ2n) is 5.32. The van der Waals surface area contributed by atoms with E-state index < -0.39 is 0 Å². The number of nitrogens with zero attached hydrogens (tertiary/aromatic N) is 5. The molecule has 0 fully saturated rings. The van der Waals surface area contributed by atoms with E-state index in [0.717, 1.165) is 15.9 Å². The van der Waals surface area contributed by atoms with Crippen molar-refractivity contribution in [1.82, 2.24) is 24.8 Å². The van der Waals surface area contributed by atoms with E-state index >= 15 is 0 Å². The molecule has 0 bridgehead atoms. The lowest BCUT2D eigenvalue weighted by molar-refractivity contribution is 0.296. The third-order valence-electron chi connectivity index (χ3n) is 3.74. The Hall–Kier alpha value is -3.26. The lowest BCUT2D eigenvalue weighted by atomic mass is 10.2. The standard InChI is InChI=1S/C17H11N5O2S/c1-4-11-5-2-8-18-15(11)12(6-1)24-10-14-19-20-17-22(14)21-16(25-17)13-7-3-9-23-13/h1-9H,10H2. The number of para-hydroxylation sites is 1. The van der Waals surface area contributed by atoms with Crippen molar-refractivity contribution in [3.8, 4) is 16.5 Å². The molecular weight excluding hydrogens is 338 g/mol. The zero-order valence-corrected chi connectivity index (χ0v) is 13.7. The summed E-state index contributed by atoms with van der Waals surface area (Å²) in [7, 11) is 0. The highest BCUT2D eigenvalue weighted by Crippen LogP contribution is 2.27. The highest BCUT2D eigenvalue weighted by Gasteiger charge is 2.15. The van der Waals surface area contributed by atoms with Gasteiger partial charge in [-0.25, -0.2) is 0 Å². The molecule has 0 N–H and O–H groups in total. The minimum atomic E-state index is 0.248. The molecule has 4 aromatic heterocycles. The van der Waals surface area contributed by atoms with E-state index in [-0.39, 0.29) is 6.61 Å². The van der Waals surface area contributed by atoms with Crippen LogP contribution in [0.15, 0.2) is 59.3 Å². The van der Waals surface area contributed by atoms with Gasteiger partial charge in [0.1, 0.15) is 17.9 Å².